The van der Waals surface area contributed by atoms with Gasteiger partial charge in [0.1, 0.15) is 6.04 Å². The van der Waals surface area contributed by atoms with Gasteiger partial charge in [-0.3, -0.25) is 4.79 Å². The Kier molecular flexibility index (Phi) is 5.21. The zero-order valence-electron chi connectivity index (χ0n) is 9.40. The van der Waals surface area contributed by atoms with Crippen LogP contribution >= 0.6 is 22.6 Å². The normalized spacial score (nSPS) is 12.8. The summed E-state index contributed by atoms with van der Waals surface area (Å²) in [5, 5.41) is 12.1. The molecule has 0 bridgehead atoms. The zero-order chi connectivity index (χ0) is 12.1. The molecule has 1 atom stereocenters. The molecule has 0 aliphatic carbocycles. The number of carboxylic acids is 1. The highest BCUT2D eigenvalue weighted by Crippen LogP contribution is 2.08. The maximum Gasteiger partial charge on any atom is 0.320 e. The van der Waals surface area contributed by atoms with Gasteiger partial charge in [-0.15, -0.1) is 0 Å². The number of hydrogen-bond acceptors (Lipinski definition) is 2. The molecule has 0 fully saturated rings. The van der Waals surface area contributed by atoms with Crippen molar-refractivity contribution in [1.29, 1.82) is 0 Å². The zero-order valence-corrected chi connectivity index (χ0v) is 11.6. The summed E-state index contributed by atoms with van der Waals surface area (Å²) in [5.74, 6) is -0.707. The van der Waals surface area contributed by atoms with E-state index in [0.29, 0.717) is 6.54 Å². The van der Waals surface area contributed by atoms with Gasteiger partial charge in [0, 0.05) is 10.1 Å². The molecular formula is C12H16INO2. The molecule has 16 heavy (non-hydrogen) atoms. The smallest absolute Gasteiger partial charge is 0.320 e. The Morgan fingerprint density at radius 2 is 1.94 bits per heavy atom. The Balaban J connectivity index is 2.55. The number of rotatable bonds is 5. The lowest BCUT2D eigenvalue weighted by molar-refractivity contribution is -0.140. The Morgan fingerprint density at radius 1 is 1.38 bits per heavy atom. The molecule has 0 spiro atoms. The largest absolute Gasteiger partial charge is 0.480 e. The molecule has 0 aliphatic heterocycles. The highest BCUT2D eigenvalue weighted by Gasteiger charge is 2.20. The molecule has 4 heteroatoms. The maximum atomic E-state index is 11.0. The van der Waals surface area contributed by atoms with Crippen LogP contribution in [0.5, 0.6) is 0 Å². The summed E-state index contributed by atoms with van der Waals surface area (Å²) in [6.45, 7) is 4.39. The molecule has 0 amide bonds. The predicted molar refractivity (Wildman–Crippen MR) is 72.3 cm³/mol. The van der Waals surface area contributed by atoms with Crippen LogP contribution in [-0.2, 0) is 11.3 Å². The van der Waals surface area contributed by atoms with Crippen LogP contribution in [0.2, 0.25) is 0 Å². The molecule has 88 valence electrons. The number of carboxylic acid groups (broad SMARTS) is 1. The average Bonchev–Trinajstić information content (AvgIpc) is 2.20. The van der Waals surface area contributed by atoms with Crippen molar-refractivity contribution < 1.29 is 9.90 Å². The number of aliphatic carboxylic acids is 1. The van der Waals surface area contributed by atoms with Crippen molar-refractivity contribution in [3.63, 3.8) is 0 Å². The summed E-state index contributed by atoms with van der Waals surface area (Å²) in [7, 11) is 0. The van der Waals surface area contributed by atoms with E-state index >= 15 is 0 Å². The first-order valence-corrected chi connectivity index (χ1v) is 6.29. The van der Waals surface area contributed by atoms with Crippen molar-refractivity contribution in [3.05, 3.63) is 33.4 Å². The summed E-state index contributed by atoms with van der Waals surface area (Å²) in [6, 6.07) is 7.56. The Labute approximate surface area is 109 Å². The van der Waals surface area contributed by atoms with Crippen molar-refractivity contribution in [1.82, 2.24) is 5.32 Å². The van der Waals surface area contributed by atoms with E-state index in [1.807, 2.05) is 38.1 Å². The number of carbonyl (C=O) groups is 1. The van der Waals surface area contributed by atoms with Crippen molar-refractivity contribution in [2.75, 3.05) is 0 Å². The van der Waals surface area contributed by atoms with Crippen molar-refractivity contribution in [2.24, 2.45) is 5.92 Å². The lowest BCUT2D eigenvalue weighted by Crippen LogP contribution is -2.40. The molecule has 0 saturated carbocycles. The van der Waals surface area contributed by atoms with Crippen LogP contribution in [0.4, 0.5) is 0 Å². The second-order valence-corrected chi connectivity index (χ2v) is 5.31. The van der Waals surface area contributed by atoms with Gasteiger partial charge in [-0.2, -0.15) is 0 Å². The van der Waals surface area contributed by atoms with Gasteiger partial charge in [-0.1, -0.05) is 26.0 Å². The van der Waals surface area contributed by atoms with Crippen LogP contribution in [0.15, 0.2) is 24.3 Å². The van der Waals surface area contributed by atoms with Gasteiger partial charge in [-0.05, 0) is 46.2 Å². The van der Waals surface area contributed by atoms with E-state index in [-0.39, 0.29) is 5.92 Å². The molecule has 0 unspecified atom stereocenters. The standard InChI is InChI=1S/C12H16INO2/c1-8(2)11(12(15)16)14-7-9-3-5-10(13)6-4-9/h3-6,8,11,14H,7H2,1-2H3,(H,15,16)/t11-/m0/s1. The minimum absolute atomic E-state index is 0.0846. The highest BCUT2D eigenvalue weighted by atomic mass is 127. The Hall–Kier alpha value is -0.620. The van der Waals surface area contributed by atoms with E-state index in [2.05, 4.69) is 27.9 Å². The molecule has 3 nitrogen and oxygen atoms in total. The first-order valence-electron chi connectivity index (χ1n) is 5.21. The minimum atomic E-state index is -0.791. The van der Waals surface area contributed by atoms with Crippen molar-refractivity contribution >= 4 is 28.6 Å². The molecule has 0 aliphatic rings. The fourth-order valence-electron chi connectivity index (χ4n) is 1.44. The first kappa shape index (κ1) is 13.4. The van der Waals surface area contributed by atoms with Gasteiger partial charge in [0.15, 0.2) is 0 Å². The summed E-state index contributed by atoms with van der Waals surface area (Å²) in [5.41, 5.74) is 1.10. The quantitative estimate of drug-likeness (QED) is 0.814. The van der Waals surface area contributed by atoms with Crippen LogP contribution in [0.1, 0.15) is 19.4 Å². The third-order valence-electron chi connectivity index (χ3n) is 2.37. The maximum absolute atomic E-state index is 11.0. The van der Waals surface area contributed by atoms with Crippen LogP contribution < -0.4 is 5.32 Å². The summed E-state index contributed by atoms with van der Waals surface area (Å²) >= 11 is 2.25. The van der Waals surface area contributed by atoms with E-state index in [1.54, 1.807) is 0 Å². The minimum Gasteiger partial charge on any atom is -0.480 e. The van der Waals surface area contributed by atoms with Crippen LogP contribution in [0.3, 0.4) is 0 Å². The number of benzene rings is 1. The van der Waals surface area contributed by atoms with Gasteiger partial charge >= 0.3 is 5.97 Å². The molecule has 1 aromatic carbocycles. The second-order valence-electron chi connectivity index (χ2n) is 4.07. The summed E-state index contributed by atoms with van der Waals surface area (Å²) in [6.07, 6.45) is 0. The Morgan fingerprint density at radius 3 is 2.38 bits per heavy atom. The molecule has 1 aromatic rings. The molecular weight excluding hydrogens is 317 g/mol. The van der Waals surface area contributed by atoms with Gasteiger partial charge in [-0.25, -0.2) is 0 Å². The highest BCUT2D eigenvalue weighted by molar-refractivity contribution is 14.1. The number of hydrogen-bond donors (Lipinski definition) is 2. The molecule has 1 rings (SSSR count). The van der Waals surface area contributed by atoms with Gasteiger partial charge in [0.05, 0.1) is 0 Å². The lowest BCUT2D eigenvalue weighted by Gasteiger charge is -2.17. The van der Waals surface area contributed by atoms with E-state index in [4.69, 9.17) is 5.11 Å². The monoisotopic (exact) mass is 333 g/mol. The fourth-order valence-corrected chi connectivity index (χ4v) is 1.80. The first-order chi connectivity index (χ1) is 7.50. The molecule has 2 N–H and O–H groups in total. The summed E-state index contributed by atoms with van der Waals surface area (Å²) < 4.78 is 1.18. The van der Waals surface area contributed by atoms with Crippen LogP contribution in [0.25, 0.3) is 0 Å². The molecule has 0 saturated heterocycles. The third kappa shape index (κ3) is 4.09. The topological polar surface area (TPSA) is 49.3 Å². The van der Waals surface area contributed by atoms with E-state index in [1.165, 1.54) is 3.57 Å². The number of nitrogens with one attached hydrogen (secondary N) is 1. The van der Waals surface area contributed by atoms with Crippen molar-refractivity contribution in [2.45, 2.75) is 26.4 Å². The van der Waals surface area contributed by atoms with Gasteiger partial charge < -0.3 is 10.4 Å². The average molecular weight is 333 g/mol. The SMILES string of the molecule is CC(C)[C@H](NCc1ccc(I)cc1)C(=O)O. The van der Waals surface area contributed by atoms with E-state index < -0.39 is 12.0 Å². The molecule has 0 aromatic heterocycles. The predicted octanol–water partition coefficient (Wildman–Crippen LogP) is 2.49. The fraction of sp³-hybridized carbons (Fsp3) is 0.417. The second kappa shape index (κ2) is 6.20. The van der Waals surface area contributed by atoms with E-state index in [0.717, 1.165) is 5.56 Å². The van der Waals surface area contributed by atoms with Gasteiger partial charge in [0.25, 0.3) is 0 Å². The summed E-state index contributed by atoms with van der Waals surface area (Å²) in [4.78, 5) is 11.0. The Bertz CT molecular complexity index is 349. The van der Waals surface area contributed by atoms with Gasteiger partial charge in [0.2, 0.25) is 0 Å². The lowest BCUT2D eigenvalue weighted by atomic mass is 10.0. The molecule has 0 heterocycles. The van der Waals surface area contributed by atoms with Crippen LogP contribution in [0, 0.1) is 9.49 Å². The number of halogens is 1. The third-order valence-corrected chi connectivity index (χ3v) is 3.09. The molecule has 0 radical (unpaired) electrons. The van der Waals surface area contributed by atoms with Crippen molar-refractivity contribution in [3.8, 4) is 0 Å². The van der Waals surface area contributed by atoms with Crippen LogP contribution in [-0.4, -0.2) is 17.1 Å². The van der Waals surface area contributed by atoms with E-state index in [9.17, 15) is 4.79 Å².